The number of ether oxygens (including phenoxy) is 1. The Morgan fingerprint density at radius 2 is 2.00 bits per heavy atom. The summed E-state index contributed by atoms with van der Waals surface area (Å²) in [4.78, 5) is 10.7. The third-order valence-corrected chi connectivity index (χ3v) is 2.99. The van der Waals surface area contributed by atoms with Crippen LogP contribution >= 0.6 is 11.6 Å². The van der Waals surface area contributed by atoms with E-state index in [1.807, 2.05) is 0 Å². The van der Waals surface area contributed by atoms with Crippen LogP contribution in [-0.4, -0.2) is 20.6 Å². The maximum Gasteiger partial charge on any atom is 0.308 e. The van der Waals surface area contributed by atoms with Crippen molar-refractivity contribution in [1.82, 2.24) is 0 Å². The van der Waals surface area contributed by atoms with E-state index in [0.717, 1.165) is 6.26 Å². The van der Waals surface area contributed by atoms with Gasteiger partial charge in [-0.05, 0) is 18.2 Å². The van der Waals surface area contributed by atoms with Crippen LogP contribution < -0.4 is 4.74 Å². The van der Waals surface area contributed by atoms with Crippen LogP contribution in [0.3, 0.4) is 0 Å². The lowest BCUT2D eigenvalue weighted by molar-refractivity contribution is -0.131. The molecule has 0 atom stereocenters. The van der Waals surface area contributed by atoms with Crippen LogP contribution in [0.2, 0.25) is 5.02 Å². The molecule has 6 heteroatoms. The number of sulfone groups is 1. The zero-order valence-corrected chi connectivity index (χ0v) is 9.72. The molecular weight excluding hydrogens is 240 g/mol. The van der Waals surface area contributed by atoms with E-state index in [1.165, 1.54) is 25.1 Å². The zero-order chi connectivity index (χ0) is 11.6. The Balaban J connectivity index is 3.15. The molecule has 0 saturated heterocycles. The van der Waals surface area contributed by atoms with Gasteiger partial charge in [-0.15, -0.1) is 0 Å². The second kappa shape index (κ2) is 4.20. The van der Waals surface area contributed by atoms with Gasteiger partial charge in [0.05, 0.1) is 9.92 Å². The number of carbonyl (C=O) groups is 1. The molecule has 0 fully saturated rings. The highest BCUT2D eigenvalue weighted by molar-refractivity contribution is 7.90. The first-order chi connectivity index (χ1) is 6.80. The molecule has 0 N–H and O–H groups in total. The fraction of sp³-hybridized carbons (Fsp3) is 0.222. The second-order valence-corrected chi connectivity index (χ2v) is 5.38. The summed E-state index contributed by atoms with van der Waals surface area (Å²) in [6.45, 7) is 1.24. The molecule has 0 unspecified atom stereocenters. The standard InChI is InChI=1S/C9H9ClO4S/c1-6(11)14-9-4-3-7(5-8(9)10)15(2,12)13/h3-5H,1-2H3. The fourth-order valence-electron chi connectivity index (χ4n) is 0.950. The molecule has 0 aliphatic carbocycles. The largest absolute Gasteiger partial charge is 0.425 e. The van der Waals surface area contributed by atoms with Crippen LogP contribution in [0.5, 0.6) is 5.75 Å². The second-order valence-electron chi connectivity index (χ2n) is 2.96. The first kappa shape index (κ1) is 12.0. The first-order valence-corrected chi connectivity index (χ1v) is 6.25. The van der Waals surface area contributed by atoms with Crippen LogP contribution in [-0.2, 0) is 14.6 Å². The lowest BCUT2D eigenvalue weighted by atomic mass is 10.3. The number of rotatable bonds is 2. The van der Waals surface area contributed by atoms with Gasteiger partial charge in [0.1, 0.15) is 5.75 Å². The number of hydrogen-bond acceptors (Lipinski definition) is 4. The highest BCUT2D eigenvalue weighted by Gasteiger charge is 2.11. The minimum Gasteiger partial charge on any atom is -0.425 e. The fourth-order valence-corrected chi connectivity index (χ4v) is 1.88. The summed E-state index contributed by atoms with van der Waals surface area (Å²) in [7, 11) is -3.30. The van der Waals surface area contributed by atoms with Gasteiger partial charge in [-0.1, -0.05) is 11.6 Å². The Kier molecular flexibility index (Phi) is 3.36. The Morgan fingerprint density at radius 1 is 1.40 bits per heavy atom. The van der Waals surface area contributed by atoms with Gasteiger partial charge in [0.15, 0.2) is 9.84 Å². The van der Waals surface area contributed by atoms with Crippen LogP contribution in [0.1, 0.15) is 6.92 Å². The molecule has 1 rings (SSSR count). The number of benzene rings is 1. The van der Waals surface area contributed by atoms with Crippen molar-refractivity contribution in [3.63, 3.8) is 0 Å². The molecule has 0 radical (unpaired) electrons. The first-order valence-electron chi connectivity index (χ1n) is 3.99. The Morgan fingerprint density at radius 3 is 2.40 bits per heavy atom. The zero-order valence-electron chi connectivity index (χ0n) is 8.15. The van der Waals surface area contributed by atoms with Crippen LogP contribution in [0, 0.1) is 0 Å². The minimum atomic E-state index is -3.30. The number of halogens is 1. The maximum atomic E-state index is 11.2. The van der Waals surface area contributed by atoms with E-state index in [4.69, 9.17) is 16.3 Å². The van der Waals surface area contributed by atoms with Crippen molar-refractivity contribution in [2.24, 2.45) is 0 Å². The van der Waals surface area contributed by atoms with Crippen molar-refractivity contribution in [1.29, 1.82) is 0 Å². The van der Waals surface area contributed by atoms with Gasteiger partial charge in [-0.3, -0.25) is 4.79 Å². The van der Waals surface area contributed by atoms with Crippen molar-refractivity contribution in [2.45, 2.75) is 11.8 Å². The van der Waals surface area contributed by atoms with Crippen LogP contribution in [0.15, 0.2) is 23.1 Å². The molecule has 0 aromatic heterocycles. The molecule has 0 aliphatic rings. The molecule has 0 spiro atoms. The lowest BCUT2D eigenvalue weighted by Crippen LogP contribution is -2.03. The Labute approximate surface area is 92.7 Å². The molecule has 0 amide bonds. The number of carbonyl (C=O) groups excluding carboxylic acids is 1. The highest BCUT2D eigenvalue weighted by atomic mass is 35.5. The van der Waals surface area contributed by atoms with Gasteiger partial charge >= 0.3 is 5.97 Å². The van der Waals surface area contributed by atoms with Gasteiger partial charge in [0, 0.05) is 13.2 Å². The van der Waals surface area contributed by atoms with E-state index in [9.17, 15) is 13.2 Å². The monoisotopic (exact) mass is 248 g/mol. The number of hydrogen-bond donors (Lipinski definition) is 0. The molecule has 82 valence electrons. The summed E-state index contributed by atoms with van der Waals surface area (Å²) in [5.41, 5.74) is 0. The average molecular weight is 249 g/mol. The molecule has 0 heterocycles. The SMILES string of the molecule is CC(=O)Oc1ccc(S(C)(=O)=O)cc1Cl. The van der Waals surface area contributed by atoms with E-state index in [1.54, 1.807) is 0 Å². The van der Waals surface area contributed by atoms with Crippen molar-refractivity contribution in [3.05, 3.63) is 23.2 Å². The highest BCUT2D eigenvalue weighted by Crippen LogP contribution is 2.27. The van der Waals surface area contributed by atoms with Crippen molar-refractivity contribution >= 4 is 27.4 Å². The molecule has 15 heavy (non-hydrogen) atoms. The predicted octanol–water partition coefficient (Wildman–Crippen LogP) is 1.67. The van der Waals surface area contributed by atoms with E-state index < -0.39 is 15.8 Å². The van der Waals surface area contributed by atoms with Gasteiger partial charge in [0.2, 0.25) is 0 Å². The van der Waals surface area contributed by atoms with Crippen molar-refractivity contribution in [3.8, 4) is 5.75 Å². The van der Waals surface area contributed by atoms with Gasteiger partial charge in [-0.25, -0.2) is 8.42 Å². The summed E-state index contributed by atoms with van der Waals surface area (Å²) < 4.78 is 27.1. The lowest BCUT2D eigenvalue weighted by Gasteiger charge is -2.05. The average Bonchev–Trinajstić information content (AvgIpc) is 2.05. The molecule has 4 nitrogen and oxygen atoms in total. The topological polar surface area (TPSA) is 60.4 Å². The summed E-state index contributed by atoms with van der Waals surface area (Å²) >= 11 is 5.74. The van der Waals surface area contributed by atoms with E-state index >= 15 is 0 Å². The van der Waals surface area contributed by atoms with Gasteiger partial charge in [-0.2, -0.15) is 0 Å². The van der Waals surface area contributed by atoms with Crippen LogP contribution in [0.4, 0.5) is 0 Å². The minimum absolute atomic E-state index is 0.0865. The number of esters is 1. The van der Waals surface area contributed by atoms with E-state index in [0.29, 0.717) is 0 Å². The third kappa shape index (κ3) is 3.21. The van der Waals surface area contributed by atoms with Gasteiger partial charge < -0.3 is 4.74 Å². The summed E-state index contributed by atoms with van der Waals surface area (Å²) in [5, 5.41) is 0.0909. The van der Waals surface area contributed by atoms with Crippen molar-refractivity contribution < 1.29 is 17.9 Å². The Bertz CT molecular complexity index is 493. The normalized spacial score (nSPS) is 11.1. The molecule has 0 aliphatic heterocycles. The van der Waals surface area contributed by atoms with Gasteiger partial charge in [0.25, 0.3) is 0 Å². The molecule has 1 aromatic rings. The quantitative estimate of drug-likeness (QED) is 0.590. The maximum absolute atomic E-state index is 11.2. The summed E-state index contributed by atoms with van der Waals surface area (Å²) in [6.07, 6.45) is 1.07. The predicted molar refractivity (Wildman–Crippen MR) is 55.9 cm³/mol. The smallest absolute Gasteiger partial charge is 0.308 e. The summed E-state index contributed by atoms with van der Waals surface area (Å²) in [6, 6.07) is 3.93. The molecule has 0 bridgehead atoms. The van der Waals surface area contributed by atoms with Crippen LogP contribution in [0.25, 0.3) is 0 Å². The molecule has 1 aromatic carbocycles. The van der Waals surface area contributed by atoms with E-state index in [-0.39, 0.29) is 15.7 Å². The van der Waals surface area contributed by atoms with Crippen molar-refractivity contribution in [2.75, 3.05) is 6.26 Å². The Hall–Kier alpha value is -1.07. The van der Waals surface area contributed by atoms with E-state index in [2.05, 4.69) is 0 Å². The molecule has 0 saturated carbocycles. The third-order valence-electron chi connectivity index (χ3n) is 1.59. The molecular formula is C9H9ClO4S. The summed E-state index contributed by atoms with van der Waals surface area (Å²) in [5.74, 6) is -0.361.